The first-order valence-electron chi connectivity index (χ1n) is 8.69. The number of hydrogen-bond donors (Lipinski definition) is 1. The van der Waals surface area contributed by atoms with Gasteiger partial charge in [-0.1, -0.05) is 42.5 Å². The molecule has 6 heteroatoms. The second kappa shape index (κ2) is 8.25. The standard InChI is InChI=1S/C22H20F3NO2/c1-28-21-13-19(27)11-12-20(21)26(14-16-5-3-2-4-6-16)15-17-7-9-18(10-8-17)22(23,24)25/h2-13,27H,14-15H2,1H3. The Morgan fingerprint density at radius 3 is 2.04 bits per heavy atom. The second-order valence-electron chi connectivity index (χ2n) is 6.39. The third kappa shape index (κ3) is 4.76. The number of alkyl halides is 3. The zero-order valence-electron chi connectivity index (χ0n) is 15.3. The molecule has 0 unspecified atom stereocenters. The van der Waals surface area contributed by atoms with Crippen molar-refractivity contribution < 1.29 is 23.0 Å². The average molecular weight is 387 g/mol. The molecule has 0 aliphatic heterocycles. The number of rotatable bonds is 6. The summed E-state index contributed by atoms with van der Waals surface area (Å²) >= 11 is 0. The van der Waals surface area contributed by atoms with Crippen molar-refractivity contribution in [2.45, 2.75) is 19.3 Å². The van der Waals surface area contributed by atoms with Crippen molar-refractivity contribution in [2.75, 3.05) is 12.0 Å². The summed E-state index contributed by atoms with van der Waals surface area (Å²) in [5, 5.41) is 9.73. The Bertz CT molecular complexity index is 909. The highest BCUT2D eigenvalue weighted by atomic mass is 19.4. The lowest BCUT2D eigenvalue weighted by Crippen LogP contribution is -2.22. The number of halogens is 3. The number of anilines is 1. The van der Waals surface area contributed by atoms with E-state index in [0.29, 0.717) is 18.8 Å². The van der Waals surface area contributed by atoms with Gasteiger partial charge in [0.1, 0.15) is 11.5 Å². The van der Waals surface area contributed by atoms with Gasteiger partial charge in [0.2, 0.25) is 0 Å². The van der Waals surface area contributed by atoms with E-state index in [1.165, 1.54) is 25.3 Å². The third-order valence-corrected chi connectivity index (χ3v) is 4.37. The van der Waals surface area contributed by atoms with Gasteiger partial charge in [-0.25, -0.2) is 0 Å². The van der Waals surface area contributed by atoms with Crippen LogP contribution in [0.15, 0.2) is 72.8 Å². The highest BCUT2D eigenvalue weighted by Crippen LogP contribution is 2.34. The first-order valence-corrected chi connectivity index (χ1v) is 8.69. The molecular formula is C22H20F3NO2. The molecule has 146 valence electrons. The molecule has 0 radical (unpaired) electrons. The number of phenolic OH excluding ortho intramolecular Hbond substituents is 1. The highest BCUT2D eigenvalue weighted by Gasteiger charge is 2.30. The molecule has 0 bridgehead atoms. The minimum absolute atomic E-state index is 0.0785. The largest absolute Gasteiger partial charge is 0.508 e. The first kappa shape index (κ1) is 19.6. The minimum Gasteiger partial charge on any atom is -0.508 e. The van der Waals surface area contributed by atoms with Crippen LogP contribution in [0.1, 0.15) is 16.7 Å². The molecule has 0 aliphatic rings. The Balaban J connectivity index is 1.92. The van der Waals surface area contributed by atoms with E-state index in [2.05, 4.69) is 0 Å². The van der Waals surface area contributed by atoms with E-state index in [9.17, 15) is 18.3 Å². The van der Waals surface area contributed by atoms with Crippen LogP contribution >= 0.6 is 0 Å². The van der Waals surface area contributed by atoms with E-state index in [-0.39, 0.29) is 5.75 Å². The lowest BCUT2D eigenvalue weighted by Gasteiger charge is -2.27. The van der Waals surface area contributed by atoms with Gasteiger partial charge in [-0.15, -0.1) is 0 Å². The van der Waals surface area contributed by atoms with Crippen molar-refractivity contribution in [3.8, 4) is 11.5 Å². The SMILES string of the molecule is COc1cc(O)ccc1N(Cc1ccccc1)Cc1ccc(C(F)(F)F)cc1. The normalized spacial score (nSPS) is 11.3. The van der Waals surface area contributed by atoms with Gasteiger partial charge >= 0.3 is 6.18 Å². The number of benzene rings is 3. The van der Waals surface area contributed by atoms with Crippen LogP contribution in [0.4, 0.5) is 18.9 Å². The topological polar surface area (TPSA) is 32.7 Å². The van der Waals surface area contributed by atoms with Gasteiger partial charge in [0.05, 0.1) is 18.4 Å². The van der Waals surface area contributed by atoms with Crippen LogP contribution in [0, 0.1) is 0 Å². The van der Waals surface area contributed by atoms with Crippen LogP contribution in [0.3, 0.4) is 0 Å². The minimum atomic E-state index is -4.36. The van der Waals surface area contributed by atoms with Gasteiger partial charge in [0, 0.05) is 19.2 Å². The Morgan fingerprint density at radius 1 is 0.857 bits per heavy atom. The fourth-order valence-corrected chi connectivity index (χ4v) is 2.98. The summed E-state index contributed by atoms with van der Waals surface area (Å²) in [6, 6.07) is 19.7. The molecule has 0 saturated carbocycles. The lowest BCUT2D eigenvalue weighted by atomic mass is 10.1. The molecule has 0 aliphatic carbocycles. The summed E-state index contributed by atoms with van der Waals surface area (Å²) in [6.45, 7) is 0.914. The molecule has 1 N–H and O–H groups in total. The van der Waals surface area contributed by atoms with Crippen molar-refractivity contribution in [3.05, 3.63) is 89.5 Å². The third-order valence-electron chi connectivity index (χ3n) is 4.37. The maximum absolute atomic E-state index is 12.8. The van der Waals surface area contributed by atoms with Crippen LogP contribution in [0.25, 0.3) is 0 Å². The molecule has 3 nitrogen and oxygen atoms in total. The molecule has 0 spiro atoms. The number of nitrogens with zero attached hydrogens (tertiary/aromatic N) is 1. The van der Waals surface area contributed by atoms with Crippen molar-refractivity contribution in [1.82, 2.24) is 0 Å². The molecule has 3 rings (SSSR count). The molecule has 0 heterocycles. The van der Waals surface area contributed by atoms with Gasteiger partial charge in [-0.2, -0.15) is 13.2 Å². The van der Waals surface area contributed by atoms with Crippen LogP contribution in [-0.4, -0.2) is 12.2 Å². The number of ether oxygens (including phenoxy) is 1. The molecule has 0 saturated heterocycles. The fourth-order valence-electron chi connectivity index (χ4n) is 2.98. The van der Waals surface area contributed by atoms with Crippen LogP contribution in [0.5, 0.6) is 11.5 Å². The maximum atomic E-state index is 12.8. The molecule has 3 aromatic carbocycles. The predicted molar refractivity (Wildman–Crippen MR) is 102 cm³/mol. The molecule has 3 aromatic rings. The first-order chi connectivity index (χ1) is 13.4. The van der Waals surface area contributed by atoms with Crippen LogP contribution < -0.4 is 9.64 Å². The fraction of sp³-hybridized carbons (Fsp3) is 0.182. The second-order valence-corrected chi connectivity index (χ2v) is 6.39. The number of phenols is 1. The predicted octanol–water partition coefficient (Wildman–Crippen LogP) is 5.63. The van der Waals surface area contributed by atoms with Crippen LogP contribution in [0.2, 0.25) is 0 Å². The summed E-state index contributed by atoms with van der Waals surface area (Å²) in [7, 11) is 1.51. The smallest absolute Gasteiger partial charge is 0.416 e. The molecule has 28 heavy (non-hydrogen) atoms. The van der Waals surface area contributed by atoms with E-state index >= 15 is 0 Å². The molecular weight excluding hydrogens is 367 g/mol. The summed E-state index contributed by atoms with van der Waals surface area (Å²) < 4.78 is 43.9. The van der Waals surface area contributed by atoms with Crippen molar-refractivity contribution in [1.29, 1.82) is 0 Å². The average Bonchev–Trinajstić information content (AvgIpc) is 2.68. The zero-order valence-corrected chi connectivity index (χ0v) is 15.3. The van der Waals surface area contributed by atoms with E-state index in [4.69, 9.17) is 4.74 Å². The highest BCUT2D eigenvalue weighted by molar-refractivity contribution is 5.61. The molecule has 0 amide bonds. The van der Waals surface area contributed by atoms with Crippen LogP contribution in [-0.2, 0) is 19.3 Å². The van der Waals surface area contributed by atoms with Gasteiger partial charge in [0.25, 0.3) is 0 Å². The van der Waals surface area contributed by atoms with Crippen molar-refractivity contribution in [3.63, 3.8) is 0 Å². The Hall–Kier alpha value is -3.15. The van der Waals surface area contributed by atoms with Gasteiger partial charge in [0.15, 0.2) is 0 Å². The molecule has 0 fully saturated rings. The van der Waals surface area contributed by atoms with E-state index in [1.54, 1.807) is 12.1 Å². The summed E-state index contributed by atoms with van der Waals surface area (Å²) in [6.07, 6.45) is -4.36. The van der Waals surface area contributed by atoms with Gasteiger partial charge in [-0.3, -0.25) is 0 Å². The summed E-state index contributed by atoms with van der Waals surface area (Å²) in [5.74, 6) is 0.567. The Labute approximate surface area is 161 Å². The summed E-state index contributed by atoms with van der Waals surface area (Å²) in [4.78, 5) is 2.00. The van der Waals surface area contributed by atoms with E-state index in [0.717, 1.165) is 28.9 Å². The van der Waals surface area contributed by atoms with Crippen molar-refractivity contribution in [2.24, 2.45) is 0 Å². The number of aromatic hydroxyl groups is 1. The Morgan fingerprint density at radius 2 is 1.46 bits per heavy atom. The molecule has 0 atom stereocenters. The quantitative estimate of drug-likeness (QED) is 0.595. The monoisotopic (exact) mass is 387 g/mol. The van der Waals surface area contributed by atoms with Gasteiger partial charge in [-0.05, 0) is 35.4 Å². The maximum Gasteiger partial charge on any atom is 0.416 e. The Kier molecular flexibility index (Phi) is 5.78. The van der Waals surface area contributed by atoms with Crippen molar-refractivity contribution >= 4 is 5.69 Å². The zero-order chi connectivity index (χ0) is 20.1. The van der Waals surface area contributed by atoms with E-state index < -0.39 is 11.7 Å². The summed E-state index contributed by atoms with van der Waals surface area (Å²) in [5.41, 5.74) is 1.85. The lowest BCUT2D eigenvalue weighted by molar-refractivity contribution is -0.137. The van der Waals surface area contributed by atoms with Gasteiger partial charge < -0.3 is 14.7 Å². The van der Waals surface area contributed by atoms with E-state index in [1.807, 2.05) is 35.2 Å². The number of hydrogen-bond acceptors (Lipinski definition) is 3. The molecule has 0 aromatic heterocycles. The number of methoxy groups -OCH3 is 1.